The molecule has 1 heterocycles. The normalized spacial score (nSPS) is 10.7. The number of hydrogen-bond donors (Lipinski definition) is 1. The number of nitrogens with zero attached hydrogens (tertiary/aromatic N) is 4. The molecule has 136 valence electrons. The van der Waals surface area contributed by atoms with Gasteiger partial charge in [-0.2, -0.15) is 0 Å². The molecular formula is C19H22FN5O. The third-order valence-electron chi connectivity index (χ3n) is 3.96. The van der Waals surface area contributed by atoms with E-state index in [1.165, 1.54) is 6.07 Å². The topological polar surface area (TPSA) is 64.9 Å². The van der Waals surface area contributed by atoms with Gasteiger partial charge in [0.1, 0.15) is 18.2 Å². The molecule has 0 aliphatic heterocycles. The predicted octanol–water partition coefficient (Wildman–Crippen LogP) is 3.80. The Labute approximate surface area is 152 Å². The second-order valence-corrected chi connectivity index (χ2v) is 5.96. The van der Waals surface area contributed by atoms with Crippen LogP contribution >= 0.6 is 0 Å². The average Bonchev–Trinajstić information content (AvgIpc) is 3.12. The Bertz CT molecular complexity index is 836. The molecule has 0 atom stereocenters. The maximum Gasteiger partial charge on any atom is 0.243 e. The van der Waals surface area contributed by atoms with Gasteiger partial charge in [-0.1, -0.05) is 48.8 Å². The minimum atomic E-state index is -0.260. The lowest BCUT2D eigenvalue weighted by molar-refractivity contribution is 0.299. The van der Waals surface area contributed by atoms with Gasteiger partial charge in [-0.15, -0.1) is 0 Å². The Kier molecular flexibility index (Phi) is 6.14. The molecule has 1 aromatic heterocycles. The van der Waals surface area contributed by atoms with E-state index >= 15 is 0 Å². The first-order chi connectivity index (χ1) is 12.8. The summed E-state index contributed by atoms with van der Waals surface area (Å²) in [4.78, 5) is 0. The van der Waals surface area contributed by atoms with E-state index < -0.39 is 0 Å². The molecule has 0 bridgehead atoms. The first-order valence-electron chi connectivity index (χ1n) is 8.71. The number of benzene rings is 2. The van der Waals surface area contributed by atoms with Crippen molar-refractivity contribution in [3.63, 3.8) is 0 Å². The number of rotatable bonds is 9. The summed E-state index contributed by atoms with van der Waals surface area (Å²) in [5.41, 5.74) is 1.56. The minimum absolute atomic E-state index is 0.193. The van der Waals surface area contributed by atoms with E-state index in [1.54, 1.807) is 22.9 Å². The molecule has 2 aromatic carbocycles. The van der Waals surface area contributed by atoms with Gasteiger partial charge in [0.25, 0.3) is 0 Å². The first-order valence-corrected chi connectivity index (χ1v) is 8.71. The van der Waals surface area contributed by atoms with Gasteiger partial charge < -0.3 is 10.1 Å². The zero-order valence-corrected chi connectivity index (χ0v) is 14.7. The van der Waals surface area contributed by atoms with Gasteiger partial charge in [0, 0.05) is 18.7 Å². The molecule has 0 fully saturated rings. The van der Waals surface area contributed by atoms with Crippen LogP contribution in [0.1, 0.15) is 30.9 Å². The summed E-state index contributed by atoms with van der Waals surface area (Å²) in [7, 11) is 0. The van der Waals surface area contributed by atoms with Crippen LogP contribution in [0.15, 0.2) is 48.5 Å². The molecule has 6 nitrogen and oxygen atoms in total. The number of unbranched alkanes of at least 4 members (excludes halogenated alkanes) is 1. The van der Waals surface area contributed by atoms with Crippen LogP contribution in [0.25, 0.3) is 0 Å². The number of aryl methyl sites for hydroxylation is 1. The van der Waals surface area contributed by atoms with E-state index in [2.05, 4.69) is 27.8 Å². The SMILES string of the molecule is CCCCn1nnnc1NCc1cccc(OCc2ccccc2F)c1. The molecule has 7 heteroatoms. The Morgan fingerprint density at radius 1 is 1.15 bits per heavy atom. The molecule has 0 aliphatic carbocycles. The highest BCUT2D eigenvalue weighted by atomic mass is 19.1. The Morgan fingerprint density at radius 2 is 2.04 bits per heavy atom. The number of ether oxygens (including phenoxy) is 1. The summed E-state index contributed by atoms with van der Waals surface area (Å²) in [6, 6.07) is 14.3. The van der Waals surface area contributed by atoms with E-state index in [-0.39, 0.29) is 12.4 Å². The highest BCUT2D eigenvalue weighted by Crippen LogP contribution is 2.17. The number of nitrogens with one attached hydrogen (secondary N) is 1. The average molecular weight is 355 g/mol. The summed E-state index contributed by atoms with van der Waals surface area (Å²) in [6.45, 7) is 3.68. The maximum absolute atomic E-state index is 13.7. The van der Waals surface area contributed by atoms with Gasteiger partial charge in [0.05, 0.1) is 0 Å². The zero-order chi connectivity index (χ0) is 18.2. The van der Waals surface area contributed by atoms with Crippen LogP contribution in [0.3, 0.4) is 0 Å². The van der Waals surface area contributed by atoms with Gasteiger partial charge in [0.15, 0.2) is 0 Å². The fourth-order valence-electron chi connectivity index (χ4n) is 2.49. The van der Waals surface area contributed by atoms with Crippen LogP contribution in [-0.4, -0.2) is 20.2 Å². The van der Waals surface area contributed by atoms with Crippen molar-refractivity contribution in [2.75, 3.05) is 5.32 Å². The molecule has 0 unspecified atom stereocenters. The number of tetrazole rings is 1. The molecule has 0 saturated carbocycles. The molecule has 0 amide bonds. The van der Waals surface area contributed by atoms with E-state index in [0.717, 1.165) is 24.9 Å². The first kappa shape index (κ1) is 17.8. The number of aromatic nitrogens is 4. The molecule has 3 rings (SSSR count). The lowest BCUT2D eigenvalue weighted by Crippen LogP contribution is -2.09. The predicted molar refractivity (Wildman–Crippen MR) is 97.2 cm³/mol. The lowest BCUT2D eigenvalue weighted by Gasteiger charge is -2.10. The quantitative estimate of drug-likeness (QED) is 0.632. The summed E-state index contributed by atoms with van der Waals surface area (Å²) >= 11 is 0. The monoisotopic (exact) mass is 355 g/mol. The Balaban J connectivity index is 1.57. The fraction of sp³-hybridized carbons (Fsp3) is 0.316. The van der Waals surface area contributed by atoms with Gasteiger partial charge in [-0.25, -0.2) is 9.07 Å². The van der Waals surface area contributed by atoms with Gasteiger partial charge >= 0.3 is 0 Å². The van der Waals surface area contributed by atoms with Crippen LogP contribution in [0.2, 0.25) is 0 Å². The second-order valence-electron chi connectivity index (χ2n) is 5.96. The molecule has 26 heavy (non-hydrogen) atoms. The van der Waals surface area contributed by atoms with E-state index in [0.29, 0.717) is 23.8 Å². The van der Waals surface area contributed by atoms with Crippen molar-refractivity contribution in [1.82, 2.24) is 20.2 Å². The van der Waals surface area contributed by atoms with Crippen LogP contribution in [0, 0.1) is 5.82 Å². The molecule has 0 aliphatic rings. The highest BCUT2D eigenvalue weighted by molar-refractivity contribution is 5.32. The third kappa shape index (κ3) is 4.78. The van der Waals surface area contributed by atoms with E-state index in [1.807, 2.05) is 24.3 Å². The van der Waals surface area contributed by atoms with Crippen molar-refractivity contribution in [3.05, 3.63) is 65.5 Å². The van der Waals surface area contributed by atoms with Crippen molar-refractivity contribution in [2.45, 2.75) is 39.5 Å². The Morgan fingerprint density at radius 3 is 2.88 bits per heavy atom. The summed E-state index contributed by atoms with van der Waals surface area (Å²) in [6.07, 6.45) is 2.11. The number of anilines is 1. The van der Waals surface area contributed by atoms with Gasteiger partial charge in [-0.3, -0.25) is 0 Å². The molecule has 0 saturated heterocycles. The minimum Gasteiger partial charge on any atom is -0.489 e. The van der Waals surface area contributed by atoms with E-state index in [9.17, 15) is 4.39 Å². The van der Waals surface area contributed by atoms with Gasteiger partial charge in [-0.05, 0) is 40.6 Å². The van der Waals surface area contributed by atoms with Gasteiger partial charge in [0.2, 0.25) is 5.95 Å². The smallest absolute Gasteiger partial charge is 0.243 e. The van der Waals surface area contributed by atoms with Crippen LogP contribution < -0.4 is 10.1 Å². The van der Waals surface area contributed by atoms with Crippen molar-refractivity contribution in [3.8, 4) is 5.75 Å². The molecule has 1 N–H and O–H groups in total. The van der Waals surface area contributed by atoms with E-state index in [4.69, 9.17) is 4.74 Å². The van der Waals surface area contributed by atoms with Crippen molar-refractivity contribution in [2.24, 2.45) is 0 Å². The van der Waals surface area contributed by atoms with Crippen molar-refractivity contribution in [1.29, 1.82) is 0 Å². The maximum atomic E-state index is 13.7. The van der Waals surface area contributed by atoms with Crippen LogP contribution in [0.4, 0.5) is 10.3 Å². The lowest BCUT2D eigenvalue weighted by atomic mass is 10.2. The van der Waals surface area contributed by atoms with Crippen molar-refractivity contribution < 1.29 is 9.13 Å². The standard InChI is InChI=1S/C19H22FN5O/c1-2-3-11-25-19(22-23-24-25)21-13-15-7-6-9-17(12-15)26-14-16-8-4-5-10-18(16)20/h4-10,12H,2-3,11,13-14H2,1H3,(H,21,22,24). The zero-order valence-electron chi connectivity index (χ0n) is 14.7. The largest absolute Gasteiger partial charge is 0.489 e. The summed E-state index contributed by atoms with van der Waals surface area (Å²) in [5, 5.41) is 15.0. The summed E-state index contributed by atoms with van der Waals surface area (Å²) < 4.78 is 21.1. The Hall–Kier alpha value is -2.96. The van der Waals surface area contributed by atoms with Crippen LogP contribution in [0.5, 0.6) is 5.75 Å². The number of hydrogen-bond acceptors (Lipinski definition) is 5. The van der Waals surface area contributed by atoms with Crippen molar-refractivity contribution >= 4 is 5.95 Å². The molecular weight excluding hydrogens is 333 g/mol. The highest BCUT2D eigenvalue weighted by Gasteiger charge is 2.06. The molecule has 0 radical (unpaired) electrons. The van der Waals surface area contributed by atoms with Crippen LogP contribution in [-0.2, 0) is 19.7 Å². The fourth-order valence-corrected chi connectivity index (χ4v) is 2.49. The number of halogens is 1. The second kappa shape index (κ2) is 8.94. The summed E-state index contributed by atoms with van der Waals surface area (Å²) in [5.74, 6) is 1.08. The molecule has 3 aromatic rings. The molecule has 0 spiro atoms. The third-order valence-corrected chi connectivity index (χ3v) is 3.96.